The predicted octanol–water partition coefficient (Wildman–Crippen LogP) is 5.25. The maximum absolute atomic E-state index is 13.1. The molecule has 0 aliphatic carbocycles. The first-order valence-electron chi connectivity index (χ1n) is 10.3. The molecule has 0 bridgehead atoms. The molecular formula is C24H18ClF3N4O3. The van der Waals surface area contributed by atoms with E-state index in [1.807, 2.05) is 0 Å². The van der Waals surface area contributed by atoms with Crippen molar-refractivity contribution >= 4 is 35.1 Å². The number of amidine groups is 1. The molecule has 2 heterocycles. The number of carbonyl (C=O) groups is 1. The van der Waals surface area contributed by atoms with E-state index in [1.165, 1.54) is 6.08 Å². The number of phenolic OH excluding ortho intramolecular Hbond substituents is 1. The molecule has 0 unspecified atom stereocenters. The van der Waals surface area contributed by atoms with E-state index in [0.29, 0.717) is 35.1 Å². The summed E-state index contributed by atoms with van der Waals surface area (Å²) >= 11 is 5.55. The Bertz CT molecular complexity index is 1330. The van der Waals surface area contributed by atoms with E-state index >= 15 is 0 Å². The number of nitrogens with zero attached hydrogens (tertiary/aromatic N) is 2. The predicted molar refractivity (Wildman–Crippen MR) is 126 cm³/mol. The van der Waals surface area contributed by atoms with Crippen LogP contribution in [0.15, 0.2) is 65.8 Å². The molecule has 1 amide bonds. The smallest absolute Gasteiger partial charge is 0.421 e. The van der Waals surface area contributed by atoms with Gasteiger partial charge in [-0.1, -0.05) is 23.7 Å². The minimum absolute atomic E-state index is 0.414. The van der Waals surface area contributed by atoms with Crippen LogP contribution >= 0.6 is 11.6 Å². The number of pyridine rings is 1. The van der Waals surface area contributed by atoms with Gasteiger partial charge in [0.25, 0.3) is 0 Å². The third-order valence-corrected chi connectivity index (χ3v) is 5.15. The number of aromatic hydroxyl groups is 1. The highest BCUT2D eigenvalue weighted by atomic mass is 35.5. The molecule has 180 valence electrons. The summed E-state index contributed by atoms with van der Waals surface area (Å²) in [6, 6.07) is 12.3. The number of benzene rings is 2. The fraction of sp³-hybridized carbons (Fsp3) is 0.125. The first-order valence-corrected chi connectivity index (χ1v) is 10.7. The minimum atomic E-state index is -4.88. The molecule has 7 nitrogen and oxygen atoms in total. The average Bonchev–Trinajstić information content (AvgIpc) is 3.34. The Morgan fingerprint density at radius 1 is 1.17 bits per heavy atom. The Morgan fingerprint density at radius 2 is 1.97 bits per heavy atom. The summed E-state index contributed by atoms with van der Waals surface area (Å²) in [5.74, 6) is -0.157. The van der Waals surface area contributed by atoms with Crippen molar-refractivity contribution in [2.75, 3.05) is 18.4 Å². The van der Waals surface area contributed by atoms with Crippen molar-refractivity contribution in [1.82, 2.24) is 10.3 Å². The molecule has 1 aliphatic rings. The van der Waals surface area contributed by atoms with Crippen molar-refractivity contribution < 1.29 is 27.8 Å². The van der Waals surface area contributed by atoms with Gasteiger partial charge in [0.1, 0.15) is 28.6 Å². The Balaban J connectivity index is 1.45. The van der Waals surface area contributed by atoms with E-state index in [9.17, 15) is 23.1 Å². The average molecular weight is 503 g/mol. The van der Waals surface area contributed by atoms with Crippen LogP contribution < -0.4 is 15.4 Å². The fourth-order valence-corrected chi connectivity index (χ4v) is 3.53. The highest BCUT2D eigenvalue weighted by molar-refractivity contribution is 6.31. The lowest BCUT2D eigenvalue weighted by Crippen LogP contribution is -2.20. The summed E-state index contributed by atoms with van der Waals surface area (Å²) in [4.78, 5) is 20.8. The Morgan fingerprint density at radius 3 is 2.71 bits per heavy atom. The zero-order valence-corrected chi connectivity index (χ0v) is 18.7. The summed E-state index contributed by atoms with van der Waals surface area (Å²) in [7, 11) is 0. The largest absolute Gasteiger partial charge is 0.505 e. The van der Waals surface area contributed by atoms with Gasteiger partial charge in [0.15, 0.2) is 5.75 Å². The van der Waals surface area contributed by atoms with Gasteiger partial charge in [-0.2, -0.15) is 13.2 Å². The number of alkyl halides is 3. The normalized spacial score (nSPS) is 13.4. The third kappa shape index (κ3) is 5.90. The van der Waals surface area contributed by atoms with Crippen LogP contribution in [-0.2, 0) is 11.0 Å². The molecular weight excluding hydrogens is 485 g/mol. The number of phenols is 1. The number of hydrogen-bond acceptors (Lipinski definition) is 6. The van der Waals surface area contributed by atoms with Crippen LogP contribution in [-0.4, -0.2) is 34.9 Å². The number of hydrogen-bond donors (Lipinski definition) is 3. The number of aliphatic imine (C=N–C) groups is 1. The second-order valence-corrected chi connectivity index (χ2v) is 7.75. The maximum Gasteiger partial charge on any atom is 0.421 e. The maximum atomic E-state index is 13.1. The Hall–Kier alpha value is -4.05. The molecule has 2 aromatic carbocycles. The van der Waals surface area contributed by atoms with Crippen LogP contribution in [0.3, 0.4) is 0 Å². The molecule has 0 saturated carbocycles. The first-order chi connectivity index (χ1) is 16.7. The zero-order chi connectivity index (χ0) is 25.0. The monoisotopic (exact) mass is 502 g/mol. The van der Waals surface area contributed by atoms with Crippen LogP contribution in [0.4, 0.5) is 18.9 Å². The summed E-state index contributed by atoms with van der Waals surface area (Å²) in [6.45, 7) is 1.44. The number of nitrogens with one attached hydrogen (secondary N) is 2. The molecule has 3 aromatic rings. The van der Waals surface area contributed by atoms with E-state index in [4.69, 9.17) is 16.3 Å². The van der Waals surface area contributed by atoms with E-state index in [2.05, 4.69) is 20.6 Å². The van der Waals surface area contributed by atoms with Crippen LogP contribution in [0.25, 0.3) is 6.08 Å². The van der Waals surface area contributed by atoms with Gasteiger partial charge in [-0.15, -0.1) is 0 Å². The number of anilines is 1. The third-order valence-electron chi connectivity index (χ3n) is 4.84. The van der Waals surface area contributed by atoms with E-state index in [-0.39, 0.29) is 0 Å². The molecule has 1 aromatic heterocycles. The number of amides is 1. The van der Waals surface area contributed by atoms with Crippen molar-refractivity contribution in [2.24, 2.45) is 4.99 Å². The van der Waals surface area contributed by atoms with Crippen molar-refractivity contribution in [3.8, 4) is 17.2 Å². The molecule has 11 heteroatoms. The lowest BCUT2D eigenvalue weighted by Gasteiger charge is -2.14. The highest BCUT2D eigenvalue weighted by Gasteiger charge is 2.37. The SMILES string of the molecule is O=C(C=Cc1cccc(Oc2ccnc(C3=NCCN3)c2)c1)Nc1ccc(Cl)c(C(F)(F)F)c1O. The Labute approximate surface area is 202 Å². The van der Waals surface area contributed by atoms with Gasteiger partial charge in [0.05, 0.1) is 17.3 Å². The van der Waals surface area contributed by atoms with Crippen LogP contribution in [0.2, 0.25) is 5.02 Å². The fourth-order valence-electron chi connectivity index (χ4n) is 3.27. The molecule has 0 atom stereocenters. The minimum Gasteiger partial charge on any atom is -0.505 e. The van der Waals surface area contributed by atoms with Gasteiger partial charge in [0, 0.05) is 24.9 Å². The molecule has 0 fully saturated rings. The van der Waals surface area contributed by atoms with Gasteiger partial charge >= 0.3 is 6.18 Å². The van der Waals surface area contributed by atoms with E-state index in [0.717, 1.165) is 24.8 Å². The quantitative estimate of drug-likeness (QED) is 0.316. The summed E-state index contributed by atoms with van der Waals surface area (Å²) < 4.78 is 45.2. The van der Waals surface area contributed by atoms with Crippen molar-refractivity contribution in [3.63, 3.8) is 0 Å². The van der Waals surface area contributed by atoms with Gasteiger partial charge in [-0.3, -0.25) is 14.8 Å². The number of rotatable bonds is 6. The van der Waals surface area contributed by atoms with Crippen LogP contribution in [0.1, 0.15) is 16.8 Å². The molecule has 0 spiro atoms. The number of halogens is 4. The standard InChI is InChI=1S/C24H18ClF3N4O3/c25-17-5-6-18(22(34)21(17)24(26,27)28)32-20(33)7-4-14-2-1-3-15(12-14)35-16-8-9-29-19(13-16)23-30-10-11-31-23/h1-9,12-13,34H,10-11H2,(H,30,31)(H,32,33). The summed E-state index contributed by atoms with van der Waals surface area (Å²) in [6.07, 6.45) is -0.698. The molecule has 0 saturated heterocycles. The van der Waals surface area contributed by atoms with Gasteiger partial charge in [-0.05, 0) is 42.0 Å². The second-order valence-electron chi connectivity index (χ2n) is 7.35. The van der Waals surface area contributed by atoms with Crippen molar-refractivity contribution in [3.05, 3.63) is 82.6 Å². The molecule has 0 radical (unpaired) electrons. The van der Waals surface area contributed by atoms with Gasteiger partial charge in [0.2, 0.25) is 5.91 Å². The van der Waals surface area contributed by atoms with E-state index < -0.39 is 34.1 Å². The van der Waals surface area contributed by atoms with Crippen LogP contribution in [0.5, 0.6) is 17.2 Å². The van der Waals surface area contributed by atoms with Gasteiger partial charge in [-0.25, -0.2) is 0 Å². The van der Waals surface area contributed by atoms with Crippen LogP contribution in [0, 0.1) is 0 Å². The number of ether oxygens (including phenoxy) is 1. The Kier molecular flexibility index (Phi) is 6.92. The van der Waals surface area contributed by atoms with Gasteiger partial charge < -0.3 is 20.5 Å². The number of carbonyl (C=O) groups excluding carboxylic acids is 1. The number of aromatic nitrogens is 1. The lowest BCUT2D eigenvalue weighted by molar-refractivity contribution is -0.138. The molecule has 4 rings (SSSR count). The topological polar surface area (TPSA) is 95.8 Å². The summed E-state index contributed by atoms with van der Waals surface area (Å²) in [5, 5.41) is 14.6. The molecule has 1 aliphatic heterocycles. The lowest BCUT2D eigenvalue weighted by atomic mass is 10.1. The highest BCUT2D eigenvalue weighted by Crippen LogP contribution is 2.44. The second kappa shape index (κ2) is 10.1. The molecule has 35 heavy (non-hydrogen) atoms. The van der Waals surface area contributed by atoms with E-state index in [1.54, 1.807) is 42.6 Å². The summed E-state index contributed by atoms with van der Waals surface area (Å²) in [5.41, 5.74) is -0.568. The molecule has 3 N–H and O–H groups in total. The van der Waals surface area contributed by atoms with Crippen molar-refractivity contribution in [2.45, 2.75) is 6.18 Å². The zero-order valence-electron chi connectivity index (χ0n) is 17.9. The first kappa shape index (κ1) is 24.1. The van der Waals surface area contributed by atoms with Crippen molar-refractivity contribution in [1.29, 1.82) is 0 Å².